The van der Waals surface area contributed by atoms with Gasteiger partial charge in [-0.05, 0) is 158 Å². The van der Waals surface area contributed by atoms with Crippen molar-refractivity contribution in [2.45, 2.75) is 72.9 Å². The Morgan fingerprint density at radius 2 is 1.17 bits per heavy atom. The van der Waals surface area contributed by atoms with E-state index in [-0.39, 0.29) is 22.4 Å². The zero-order valence-electron chi connectivity index (χ0n) is 55.1. The number of para-hydroxylation sites is 1. The third-order valence-electron chi connectivity index (χ3n) is 12.6. The maximum atomic E-state index is 12.1. The smallest absolute Gasteiger partial charge is 0.149 e. The maximum absolute atomic E-state index is 12.1. The predicted octanol–water partition coefficient (Wildman–Crippen LogP) is 17.3. The number of fused-ring (bicyclic) bond motifs is 1. The summed E-state index contributed by atoms with van der Waals surface area (Å²) in [5, 5.41) is 12.1. The lowest BCUT2D eigenvalue weighted by Crippen LogP contribution is -2.10. The van der Waals surface area contributed by atoms with E-state index in [9.17, 15) is 9.22 Å². The van der Waals surface area contributed by atoms with Crippen molar-refractivity contribution in [2.24, 2.45) is 0 Å². The second-order valence-electron chi connectivity index (χ2n) is 18.7. The average molecular weight is 914 g/mol. The van der Waals surface area contributed by atoms with Gasteiger partial charge in [-0.1, -0.05) is 169 Å². The normalized spacial score (nSPS) is 15.8. The molecule has 8 aromatic carbocycles. The molecule has 0 aliphatic heterocycles. The molecule has 4 heteroatoms. The van der Waals surface area contributed by atoms with Gasteiger partial charge in [0.2, 0.25) is 0 Å². The third kappa shape index (κ3) is 8.80. The number of rotatable bonds is 8. The van der Waals surface area contributed by atoms with Crippen LogP contribution in [0.1, 0.15) is 91.1 Å². The van der Waals surface area contributed by atoms with Gasteiger partial charge in [0.05, 0.1) is 37.6 Å². The van der Waals surface area contributed by atoms with Crippen molar-refractivity contribution in [1.29, 1.82) is 0 Å². The minimum atomic E-state index is -3.93. The number of pyridine rings is 1. The van der Waals surface area contributed by atoms with Crippen LogP contribution in [0.15, 0.2) is 188 Å². The molecule has 0 saturated carbocycles. The van der Waals surface area contributed by atoms with E-state index in [1.807, 2.05) is 98.8 Å². The van der Waals surface area contributed by atoms with Gasteiger partial charge in [0.15, 0.2) is 0 Å². The van der Waals surface area contributed by atoms with Gasteiger partial charge >= 0.3 is 0 Å². The first-order chi connectivity index (χ1) is 39.8. The van der Waals surface area contributed by atoms with E-state index in [4.69, 9.17) is 22.8 Å². The summed E-state index contributed by atoms with van der Waals surface area (Å²) in [6.45, 7) is 0.567. The van der Waals surface area contributed by atoms with Crippen LogP contribution in [0.25, 0.3) is 95.0 Å². The molecule has 0 radical (unpaired) electrons. The van der Waals surface area contributed by atoms with E-state index in [0.717, 1.165) is 50.2 Å². The molecule has 10 aromatic rings. The highest BCUT2D eigenvalue weighted by Gasteiger charge is 2.25. The molecule has 69 heavy (non-hydrogen) atoms. The molecule has 0 fully saturated rings. The van der Waals surface area contributed by atoms with E-state index < -0.39 is 85.1 Å². The molecule has 340 valence electrons. The fourth-order valence-corrected chi connectivity index (χ4v) is 9.00. The van der Waals surface area contributed by atoms with Crippen molar-refractivity contribution in [3.05, 3.63) is 216 Å². The van der Waals surface area contributed by atoms with Crippen molar-refractivity contribution in [3.63, 3.8) is 0 Å². The van der Waals surface area contributed by atoms with Crippen molar-refractivity contribution < 1.29 is 27.0 Å². The summed E-state index contributed by atoms with van der Waals surface area (Å²) in [5.74, 6) is 0.484. The van der Waals surface area contributed by atoms with Gasteiger partial charge in [-0.25, -0.2) is 4.98 Å². The number of aromatic nitrogens is 3. The van der Waals surface area contributed by atoms with Crippen LogP contribution >= 0.6 is 0 Å². The number of benzene rings is 8. The van der Waals surface area contributed by atoms with Gasteiger partial charge in [-0.3, -0.25) is 9.55 Å². The monoisotopic (exact) mass is 914 g/mol. The molecule has 0 aliphatic carbocycles. The lowest BCUT2D eigenvalue weighted by atomic mass is 9.85. The Hall–Kier alpha value is -7.82. The van der Waals surface area contributed by atoms with E-state index in [2.05, 4.69) is 85.8 Å². The summed E-state index contributed by atoms with van der Waals surface area (Å²) in [5.41, 5.74) is 5.66. The fraction of sp³-hybridized carbons (Fsp3) is 0.169. The molecule has 0 unspecified atom stereocenters. The molecule has 0 spiro atoms. The fourth-order valence-electron chi connectivity index (χ4n) is 9.00. The van der Waals surface area contributed by atoms with Gasteiger partial charge < -0.3 is 5.11 Å². The Morgan fingerprint density at radius 3 is 1.87 bits per heavy atom. The molecule has 1 N–H and O–H groups in total. The topological polar surface area (TPSA) is 50.9 Å². The van der Waals surface area contributed by atoms with Crippen LogP contribution in [0.2, 0.25) is 0 Å². The van der Waals surface area contributed by atoms with E-state index in [1.54, 1.807) is 12.1 Å². The van der Waals surface area contributed by atoms with Crippen LogP contribution < -0.4 is 0 Å². The first-order valence-electron chi connectivity index (χ1n) is 30.7. The molecule has 0 amide bonds. The number of aryl methyl sites for hydroxylation is 3. The van der Waals surface area contributed by atoms with Crippen LogP contribution in [-0.2, 0) is 10.8 Å². The summed E-state index contributed by atoms with van der Waals surface area (Å²) in [4.78, 5) is 9.93. The highest BCUT2D eigenvalue weighted by molar-refractivity contribution is 5.99. The quantitative estimate of drug-likeness (QED) is 0.165. The number of phenols is 1. The molecule has 10 rings (SSSR count). The molecular formula is C65H59N3O. The Kier molecular flexibility index (Phi) is 7.64. The molecule has 4 nitrogen and oxygen atoms in total. The van der Waals surface area contributed by atoms with Crippen LogP contribution in [0.3, 0.4) is 0 Å². The van der Waals surface area contributed by atoms with Gasteiger partial charge in [0.1, 0.15) is 11.6 Å². The van der Waals surface area contributed by atoms with E-state index in [1.165, 1.54) is 0 Å². The standard InChI is InChI=1S/C65H59N3O/c1-41-33-43(3)62(69)57(34-41)63-67-61-54(50-36-49(44-17-12-10-13-18-44)37-51(38-50)58-39-48(31-32-66-58)45-23-27-52(28-24-45)64(4,5)6)21-16-22-59(61)68(63)60-35-42(2)55(46-19-14-11-15-20-46)40-56(60)47-25-29-53(30-26-47)65(7,8)9/h10-40,69H,1-9H3/i4D3,5D3,6D3,23D,24D,27D,28D,31D,32D,39D. The van der Waals surface area contributed by atoms with Crippen LogP contribution in [0, 0.1) is 20.8 Å². The lowest BCUT2D eigenvalue weighted by molar-refractivity contribution is 0.472. The third-order valence-corrected chi connectivity index (χ3v) is 12.6. The second-order valence-corrected chi connectivity index (χ2v) is 18.7. The molecule has 0 atom stereocenters. The SMILES string of the molecule is [2H]c1nc(-c2cc(-c3ccccc3)cc(-c3cccc4c3nc(-c3cc(C)cc(C)c3O)n4-c3cc(C)c(-c4ccccc4)cc3-c3ccc(C(C)(C)C)cc3)c2)c([2H])c(-c2c([2H])c([2H])c(C(C([2H])([2H])[2H])(C([2H])([2H])[2H])C([2H])([2H])[2H])c([2H])c2[2H])c1[2H]. The Morgan fingerprint density at radius 1 is 0.507 bits per heavy atom. The largest absolute Gasteiger partial charge is 0.507 e. The Bertz CT molecular complexity index is 4230. The molecule has 0 aliphatic rings. The van der Waals surface area contributed by atoms with E-state index in [0.29, 0.717) is 44.7 Å². The van der Waals surface area contributed by atoms with Crippen molar-refractivity contribution in [3.8, 4) is 89.7 Å². The number of hydrogen-bond acceptors (Lipinski definition) is 3. The molecular weight excluding hydrogens is 839 g/mol. The number of phenolic OH excluding ortho intramolecular Hbond substituents is 1. The molecule has 2 heterocycles. The predicted molar refractivity (Wildman–Crippen MR) is 290 cm³/mol. The Balaban J connectivity index is 1.26. The Labute approximate surface area is 430 Å². The number of aromatic hydroxyl groups is 1. The minimum absolute atomic E-state index is 0.0437. The number of imidazole rings is 1. The zero-order chi connectivity index (χ0) is 61.8. The van der Waals surface area contributed by atoms with Crippen molar-refractivity contribution >= 4 is 11.0 Å². The van der Waals surface area contributed by atoms with Crippen molar-refractivity contribution in [1.82, 2.24) is 14.5 Å². The molecule has 0 bridgehead atoms. The second kappa shape index (κ2) is 17.7. The van der Waals surface area contributed by atoms with Gasteiger partial charge in [-0.15, -0.1) is 0 Å². The first-order valence-corrected chi connectivity index (χ1v) is 22.7. The summed E-state index contributed by atoms with van der Waals surface area (Å²) in [6.07, 6.45) is -0.744. The highest BCUT2D eigenvalue weighted by Crippen LogP contribution is 2.44. The molecule has 2 aromatic heterocycles. The zero-order valence-corrected chi connectivity index (χ0v) is 39.1. The lowest BCUT2D eigenvalue weighted by Gasteiger charge is -2.21. The van der Waals surface area contributed by atoms with Crippen molar-refractivity contribution in [2.75, 3.05) is 0 Å². The summed E-state index contributed by atoms with van der Waals surface area (Å²) in [6, 6.07) is 40.9. The van der Waals surface area contributed by atoms with Gasteiger partial charge in [0, 0.05) is 35.2 Å². The summed E-state index contributed by atoms with van der Waals surface area (Å²) in [7, 11) is 0. The van der Waals surface area contributed by atoms with Crippen LogP contribution in [0.5, 0.6) is 5.75 Å². The average Bonchev–Trinajstić information content (AvgIpc) is 1.06. The number of hydrogen-bond donors (Lipinski definition) is 1. The maximum Gasteiger partial charge on any atom is 0.149 e. The first kappa shape index (κ1) is 29.8. The van der Waals surface area contributed by atoms with E-state index >= 15 is 0 Å². The summed E-state index contributed by atoms with van der Waals surface area (Å²) < 4.78 is 141. The molecule has 0 saturated heterocycles. The summed E-state index contributed by atoms with van der Waals surface area (Å²) >= 11 is 0. The highest BCUT2D eigenvalue weighted by atomic mass is 16.3. The van der Waals surface area contributed by atoms with Gasteiger partial charge in [-0.2, -0.15) is 0 Å². The minimum Gasteiger partial charge on any atom is -0.507 e. The van der Waals surface area contributed by atoms with Crippen LogP contribution in [-0.4, -0.2) is 19.6 Å². The van der Waals surface area contributed by atoms with Gasteiger partial charge in [0.25, 0.3) is 0 Å². The number of nitrogens with zero attached hydrogens (tertiary/aromatic N) is 3. The van der Waals surface area contributed by atoms with Crippen LogP contribution in [0.4, 0.5) is 0 Å².